The van der Waals surface area contributed by atoms with Crippen LogP contribution in [0.1, 0.15) is 36.0 Å². The van der Waals surface area contributed by atoms with Gasteiger partial charge in [0.1, 0.15) is 16.5 Å². The Hall–Kier alpha value is -1.34. The lowest BCUT2D eigenvalue weighted by Crippen LogP contribution is -2.21. The van der Waals surface area contributed by atoms with Crippen molar-refractivity contribution in [3.8, 4) is 6.07 Å². The van der Waals surface area contributed by atoms with Gasteiger partial charge in [-0.1, -0.05) is 12.2 Å². The third kappa shape index (κ3) is 1.66. The predicted molar refractivity (Wildman–Crippen MR) is 69.8 cm³/mol. The smallest absolute Gasteiger partial charge is 0.123 e. The number of nitrogens with zero attached hydrogens (tertiary/aromatic N) is 2. The predicted octanol–water partition coefficient (Wildman–Crippen LogP) is 2.70. The van der Waals surface area contributed by atoms with Crippen molar-refractivity contribution in [2.24, 2.45) is 0 Å². The zero-order chi connectivity index (χ0) is 11.8. The molecule has 1 aromatic heterocycles. The molecule has 0 saturated carbocycles. The van der Waals surface area contributed by atoms with E-state index in [9.17, 15) is 5.26 Å². The molecule has 0 amide bonds. The first-order valence-electron chi connectivity index (χ1n) is 6.24. The molecule has 3 rings (SSSR count). The first-order valence-corrected chi connectivity index (χ1v) is 6.65. The number of pyridine rings is 1. The van der Waals surface area contributed by atoms with Crippen molar-refractivity contribution in [2.45, 2.75) is 32.1 Å². The molecule has 1 fully saturated rings. The van der Waals surface area contributed by atoms with E-state index >= 15 is 0 Å². The molecule has 0 aromatic carbocycles. The maximum atomic E-state index is 9.19. The minimum Gasteiger partial charge on any atom is -0.358 e. The fraction of sp³-hybridized carbons (Fsp3) is 0.538. The summed E-state index contributed by atoms with van der Waals surface area (Å²) in [6, 6.07) is 2.26. The quantitative estimate of drug-likeness (QED) is 0.774. The van der Waals surface area contributed by atoms with E-state index in [1.165, 1.54) is 29.8 Å². The van der Waals surface area contributed by atoms with Gasteiger partial charge in [0.15, 0.2) is 0 Å². The molecule has 3 nitrogen and oxygen atoms in total. The Kier molecular flexibility index (Phi) is 2.64. The van der Waals surface area contributed by atoms with Crippen LogP contribution >= 0.6 is 12.2 Å². The van der Waals surface area contributed by atoms with Gasteiger partial charge in [0.2, 0.25) is 0 Å². The van der Waals surface area contributed by atoms with Crippen molar-refractivity contribution in [2.75, 3.05) is 18.0 Å². The van der Waals surface area contributed by atoms with E-state index in [-0.39, 0.29) is 0 Å². The number of hydrogen-bond acceptors (Lipinski definition) is 3. The lowest BCUT2D eigenvalue weighted by Gasteiger charge is -2.21. The van der Waals surface area contributed by atoms with Crippen LogP contribution in [0.2, 0.25) is 0 Å². The average Bonchev–Trinajstić information content (AvgIpc) is 2.99. The molecular weight excluding hydrogens is 230 g/mol. The van der Waals surface area contributed by atoms with Crippen LogP contribution in [0.15, 0.2) is 0 Å². The fourth-order valence-electron chi connectivity index (χ4n) is 2.99. The highest BCUT2D eigenvalue weighted by atomic mass is 32.1. The molecule has 1 N–H and O–H groups in total. The number of fused-ring (bicyclic) bond motifs is 1. The number of nitriles is 1. The second-order valence-corrected chi connectivity index (χ2v) is 5.20. The molecule has 0 atom stereocenters. The Labute approximate surface area is 106 Å². The summed E-state index contributed by atoms with van der Waals surface area (Å²) in [4.78, 5) is 5.68. The van der Waals surface area contributed by atoms with Gasteiger partial charge < -0.3 is 9.88 Å². The highest BCUT2D eigenvalue weighted by Crippen LogP contribution is 2.33. The third-order valence-corrected chi connectivity index (χ3v) is 4.10. The van der Waals surface area contributed by atoms with E-state index in [4.69, 9.17) is 12.2 Å². The summed E-state index contributed by atoms with van der Waals surface area (Å²) in [5, 5.41) is 9.19. The number of nitrogens with one attached hydrogen (secondary N) is 1. The molecule has 0 bridgehead atoms. The summed E-state index contributed by atoms with van der Waals surface area (Å²) in [7, 11) is 0. The van der Waals surface area contributed by atoms with Crippen LogP contribution in [0, 0.1) is 16.0 Å². The Morgan fingerprint density at radius 2 is 1.82 bits per heavy atom. The van der Waals surface area contributed by atoms with Gasteiger partial charge in [-0.3, -0.25) is 0 Å². The second-order valence-electron chi connectivity index (χ2n) is 4.79. The van der Waals surface area contributed by atoms with Crippen molar-refractivity contribution in [3.05, 3.63) is 21.3 Å². The number of H-pyrrole nitrogens is 1. The maximum Gasteiger partial charge on any atom is 0.123 e. The monoisotopic (exact) mass is 245 g/mol. The SMILES string of the molecule is N#Cc1c2c(c(N3CCCC3)[nH]c1=S)CCC2. The summed E-state index contributed by atoms with van der Waals surface area (Å²) in [6.45, 7) is 2.23. The van der Waals surface area contributed by atoms with Crippen LogP contribution in [-0.2, 0) is 12.8 Å². The molecular formula is C13H15N3S. The number of aromatic nitrogens is 1. The molecule has 1 aliphatic heterocycles. The average molecular weight is 245 g/mol. The fourth-order valence-corrected chi connectivity index (χ4v) is 3.26. The Morgan fingerprint density at radius 1 is 1.12 bits per heavy atom. The van der Waals surface area contributed by atoms with Crippen LogP contribution in [-0.4, -0.2) is 18.1 Å². The molecule has 17 heavy (non-hydrogen) atoms. The lowest BCUT2D eigenvalue weighted by molar-refractivity contribution is 0.890. The zero-order valence-electron chi connectivity index (χ0n) is 9.75. The number of hydrogen-bond donors (Lipinski definition) is 1. The van der Waals surface area contributed by atoms with Crippen molar-refractivity contribution >= 4 is 18.0 Å². The first-order chi connectivity index (χ1) is 8.31. The van der Waals surface area contributed by atoms with Gasteiger partial charge in [-0.25, -0.2) is 0 Å². The van der Waals surface area contributed by atoms with E-state index in [0.717, 1.165) is 32.4 Å². The third-order valence-electron chi connectivity index (χ3n) is 3.80. The van der Waals surface area contributed by atoms with Crippen molar-refractivity contribution in [1.82, 2.24) is 4.98 Å². The van der Waals surface area contributed by atoms with Crippen molar-refractivity contribution in [1.29, 1.82) is 5.26 Å². The molecule has 0 spiro atoms. The van der Waals surface area contributed by atoms with Gasteiger partial charge >= 0.3 is 0 Å². The lowest BCUT2D eigenvalue weighted by atomic mass is 10.1. The summed E-state index contributed by atoms with van der Waals surface area (Å²) in [6.07, 6.45) is 5.77. The molecule has 1 aliphatic carbocycles. The van der Waals surface area contributed by atoms with Crippen LogP contribution in [0.5, 0.6) is 0 Å². The molecule has 0 radical (unpaired) electrons. The molecule has 88 valence electrons. The van der Waals surface area contributed by atoms with Crippen molar-refractivity contribution in [3.63, 3.8) is 0 Å². The zero-order valence-corrected chi connectivity index (χ0v) is 10.6. The molecule has 1 aromatic rings. The van der Waals surface area contributed by atoms with E-state index in [0.29, 0.717) is 10.2 Å². The normalized spacial score (nSPS) is 18.2. The van der Waals surface area contributed by atoms with Crippen molar-refractivity contribution < 1.29 is 0 Å². The standard InChI is InChI=1S/C13H15N3S/c14-8-11-9-4-3-5-10(9)12(15-13(11)17)16-6-1-2-7-16/h1-7H2,(H,15,17). The minimum absolute atomic E-state index is 0.620. The van der Waals surface area contributed by atoms with Gasteiger partial charge in [0, 0.05) is 13.1 Å². The molecule has 0 unspecified atom stereocenters. The second kappa shape index (κ2) is 4.15. The summed E-state index contributed by atoms with van der Waals surface area (Å²) in [5.74, 6) is 1.19. The van der Waals surface area contributed by atoms with Gasteiger partial charge in [-0.2, -0.15) is 5.26 Å². The largest absolute Gasteiger partial charge is 0.358 e. The summed E-state index contributed by atoms with van der Waals surface area (Å²) in [5.41, 5.74) is 3.26. The van der Waals surface area contributed by atoms with Gasteiger partial charge in [0.25, 0.3) is 0 Å². The molecule has 2 heterocycles. The Bertz CT molecular complexity index is 547. The number of anilines is 1. The van der Waals surface area contributed by atoms with Gasteiger partial charge in [-0.05, 0) is 43.2 Å². The van der Waals surface area contributed by atoms with Crippen LogP contribution < -0.4 is 4.90 Å². The Balaban J connectivity index is 2.18. The van der Waals surface area contributed by atoms with Crippen LogP contribution in [0.4, 0.5) is 5.82 Å². The van der Waals surface area contributed by atoms with Gasteiger partial charge in [0.05, 0.1) is 5.56 Å². The number of rotatable bonds is 1. The van der Waals surface area contributed by atoms with Crippen LogP contribution in [0.3, 0.4) is 0 Å². The molecule has 4 heteroatoms. The van der Waals surface area contributed by atoms with E-state index in [1.54, 1.807) is 0 Å². The van der Waals surface area contributed by atoms with E-state index in [2.05, 4.69) is 16.0 Å². The maximum absolute atomic E-state index is 9.19. The first kappa shape index (κ1) is 10.8. The summed E-state index contributed by atoms with van der Waals surface area (Å²) < 4.78 is 0.620. The summed E-state index contributed by atoms with van der Waals surface area (Å²) >= 11 is 5.31. The van der Waals surface area contributed by atoms with E-state index in [1.807, 2.05) is 0 Å². The highest BCUT2D eigenvalue weighted by Gasteiger charge is 2.24. The topological polar surface area (TPSA) is 42.8 Å². The number of aromatic amines is 1. The highest BCUT2D eigenvalue weighted by molar-refractivity contribution is 7.71. The van der Waals surface area contributed by atoms with E-state index < -0.39 is 0 Å². The molecule has 1 saturated heterocycles. The molecule has 2 aliphatic rings. The van der Waals surface area contributed by atoms with Crippen LogP contribution in [0.25, 0.3) is 0 Å². The Morgan fingerprint density at radius 3 is 2.53 bits per heavy atom. The minimum atomic E-state index is 0.620. The van der Waals surface area contributed by atoms with Gasteiger partial charge in [-0.15, -0.1) is 0 Å².